The zero-order chi connectivity index (χ0) is 11.7. The van der Waals surface area contributed by atoms with E-state index in [0.29, 0.717) is 0 Å². The van der Waals surface area contributed by atoms with Crippen LogP contribution in [0.5, 0.6) is 0 Å². The van der Waals surface area contributed by atoms with Crippen LogP contribution in [0.2, 0.25) is 0 Å². The molecular weight excluding hydrogens is 232 g/mol. The summed E-state index contributed by atoms with van der Waals surface area (Å²) in [7, 11) is 2.01. The van der Waals surface area contributed by atoms with Crippen molar-refractivity contribution in [1.29, 1.82) is 0 Å². The molecule has 0 radical (unpaired) electrons. The lowest BCUT2D eigenvalue weighted by Crippen LogP contribution is -1.89. The fourth-order valence-electron chi connectivity index (χ4n) is 1.65. The molecule has 3 rings (SSSR count). The SMILES string of the molecule is Cn1cccc1-c1csc(-c2cnccn2)n1. The van der Waals surface area contributed by atoms with Gasteiger partial charge >= 0.3 is 0 Å². The molecule has 0 unspecified atom stereocenters. The molecule has 0 spiro atoms. The molecular formula is C12H10N4S. The van der Waals surface area contributed by atoms with Crippen molar-refractivity contribution >= 4 is 11.3 Å². The Kier molecular flexibility index (Phi) is 2.45. The minimum atomic E-state index is 0.818. The van der Waals surface area contributed by atoms with Gasteiger partial charge in [-0.1, -0.05) is 0 Å². The molecule has 5 heteroatoms. The summed E-state index contributed by atoms with van der Waals surface area (Å²) in [6.07, 6.45) is 7.08. The molecule has 3 aromatic heterocycles. The van der Waals surface area contributed by atoms with Gasteiger partial charge in [-0.25, -0.2) is 4.98 Å². The topological polar surface area (TPSA) is 43.6 Å². The van der Waals surface area contributed by atoms with E-state index in [-0.39, 0.29) is 0 Å². The predicted molar refractivity (Wildman–Crippen MR) is 67.5 cm³/mol. The molecule has 17 heavy (non-hydrogen) atoms. The molecule has 3 aromatic rings. The number of hydrogen-bond acceptors (Lipinski definition) is 4. The number of rotatable bonds is 2. The maximum Gasteiger partial charge on any atom is 0.144 e. The monoisotopic (exact) mass is 242 g/mol. The first kappa shape index (κ1) is 10.2. The summed E-state index contributed by atoms with van der Waals surface area (Å²) < 4.78 is 2.05. The fraction of sp³-hybridized carbons (Fsp3) is 0.0833. The second-order valence-electron chi connectivity index (χ2n) is 3.63. The smallest absolute Gasteiger partial charge is 0.144 e. The maximum absolute atomic E-state index is 4.58. The fourth-order valence-corrected chi connectivity index (χ4v) is 2.42. The minimum absolute atomic E-state index is 0.818. The van der Waals surface area contributed by atoms with Crippen LogP contribution in [0.4, 0.5) is 0 Å². The van der Waals surface area contributed by atoms with Crippen molar-refractivity contribution in [3.8, 4) is 22.1 Å². The first-order valence-corrected chi connectivity index (χ1v) is 6.06. The molecule has 0 aliphatic heterocycles. The van der Waals surface area contributed by atoms with Crippen LogP contribution < -0.4 is 0 Å². The number of hydrogen-bond donors (Lipinski definition) is 0. The molecule has 0 aliphatic rings. The summed E-state index contributed by atoms with van der Waals surface area (Å²) in [4.78, 5) is 12.9. The van der Waals surface area contributed by atoms with Crippen molar-refractivity contribution in [3.63, 3.8) is 0 Å². The maximum atomic E-state index is 4.58. The van der Waals surface area contributed by atoms with E-state index in [4.69, 9.17) is 0 Å². The largest absolute Gasteiger partial charge is 0.349 e. The molecule has 4 nitrogen and oxygen atoms in total. The van der Waals surface area contributed by atoms with Gasteiger partial charge in [-0.15, -0.1) is 11.3 Å². The Hall–Kier alpha value is -2.01. The van der Waals surface area contributed by atoms with Gasteiger partial charge in [-0.2, -0.15) is 0 Å². The molecule has 3 heterocycles. The van der Waals surface area contributed by atoms with Crippen LogP contribution in [0.3, 0.4) is 0 Å². The van der Waals surface area contributed by atoms with Gasteiger partial charge in [0, 0.05) is 31.0 Å². The van der Waals surface area contributed by atoms with E-state index in [2.05, 4.69) is 25.6 Å². The van der Waals surface area contributed by atoms with Gasteiger partial charge in [0.2, 0.25) is 0 Å². The van der Waals surface area contributed by atoms with E-state index >= 15 is 0 Å². The van der Waals surface area contributed by atoms with Crippen LogP contribution in [-0.4, -0.2) is 19.5 Å². The van der Waals surface area contributed by atoms with Crippen LogP contribution in [-0.2, 0) is 7.05 Å². The Morgan fingerprint density at radius 1 is 1.24 bits per heavy atom. The second kappa shape index (κ2) is 4.10. The lowest BCUT2D eigenvalue weighted by molar-refractivity contribution is 0.932. The average Bonchev–Trinajstić information content (AvgIpc) is 2.98. The molecule has 0 bridgehead atoms. The summed E-state index contributed by atoms with van der Waals surface area (Å²) in [5, 5.41) is 2.94. The predicted octanol–water partition coefficient (Wildman–Crippen LogP) is 2.61. The average molecular weight is 242 g/mol. The molecule has 0 amide bonds. The molecule has 0 fully saturated rings. The Morgan fingerprint density at radius 2 is 2.18 bits per heavy atom. The number of thiazole rings is 1. The van der Waals surface area contributed by atoms with E-state index in [1.807, 2.05) is 24.7 Å². The molecule has 0 atom stereocenters. The summed E-state index contributed by atoms with van der Waals surface area (Å²) in [6, 6.07) is 4.06. The van der Waals surface area contributed by atoms with Crippen LogP contribution in [0.1, 0.15) is 0 Å². The van der Waals surface area contributed by atoms with Crippen LogP contribution in [0.25, 0.3) is 22.1 Å². The molecule has 0 aromatic carbocycles. The van der Waals surface area contributed by atoms with E-state index < -0.39 is 0 Å². The third-order valence-corrected chi connectivity index (χ3v) is 3.36. The van der Waals surface area contributed by atoms with Gasteiger partial charge in [-0.3, -0.25) is 9.97 Å². The molecule has 84 valence electrons. The first-order chi connectivity index (χ1) is 8.34. The number of aromatic nitrogens is 4. The number of nitrogens with zero attached hydrogens (tertiary/aromatic N) is 4. The highest BCUT2D eigenvalue weighted by molar-refractivity contribution is 7.13. The molecule has 0 N–H and O–H groups in total. The van der Waals surface area contributed by atoms with Crippen LogP contribution in [0, 0.1) is 0 Å². The summed E-state index contributed by atoms with van der Waals surface area (Å²) in [5.41, 5.74) is 2.90. The highest BCUT2D eigenvalue weighted by atomic mass is 32.1. The molecule has 0 saturated carbocycles. The lowest BCUT2D eigenvalue weighted by Gasteiger charge is -1.97. The van der Waals surface area contributed by atoms with Crippen molar-refractivity contribution < 1.29 is 0 Å². The van der Waals surface area contributed by atoms with Gasteiger partial charge < -0.3 is 4.57 Å². The quantitative estimate of drug-likeness (QED) is 0.693. The van der Waals surface area contributed by atoms with Crippen LogP contribution in [0.15, 0.2) is 42.3 Å². The third-order valence-electron chi connectivity index (χ3n) is 2.49. The van der Waals surface area contributed by atoms with E-state index in [1.165, 1.54) is 0 Å². The van der Waals surface area contributed by atoms with Crippen LogP contribution >= 0.6 is 11.3 Å². The molecule has 0 saturated heterocycles. The van der Waals surface area contributed by atoms with Crippen molar-refractivity contribution in [2.24, 2.45) is 7.05 Å². The van der Waals surface area contributed by atoms with Crippen molar-refractivity contribution in [2.75, 3.05) is 0 Å². The zero-order valence-electron chi connectivity index (χ0n) is 9.24. The second-order valence-corrected chi connectivity index (χ2v) is 4.49. The van der Waals surface area contributed by atoms with Gasteiger partial charge in [0.25, 0.3) is 0 Å². The summed E-state index contributed by atoms with van der Waals surface area (Å²) >= 11 is 1.58. The van der Waals surface area contributed by atoms with E-state index in [0.717, 1.165) is 22.1 Å². The Balaban J connectivity index is 2.02. The Labute approximate surface area is 103 Å². The molecule has 0 aliphatic carbocycles. The van der Waals surface area contributed by atoms with Gasteiger partial charge in [0.05, 0.1) is 17.6 Å². The first-order valence-electron chi connectivity index (χ1n) is 5.18. The van der Waals surface area contributed by atoms with Crippen molar-refractivity contribution in [3.05, 3.63) is 42.3 Å². The van der Waals surface area contributed by atoms with Crippen molar-refractivity contribution in [2.45, 2.75) is 0 Å². The van der Waals surface area contributed by atoms with E-state index in [1.54, 1.807) is 29.9 Å². The highest BCUT2D eigenvalue weighted by Gasteiger charge is 2.09. The van der Waals surface area contributed by atoms with Gasteiger partial charge in [0.15, 0.2) is 0 Å². The van der Waals surface area contributed by atoms with Gasteiger partial charge in [0.1, 0.15) is 10.7 Å². The zero-order valence-corrected chi connectivity index (χ0v) is 10.1. The normalized spacial score (nSPS) is 10.6. The van der Waals surface area contributed by atoms with Gasteiger partial charge in [-0.05, 0) is 12.1 Å². The highest BCUT2D eigenvalue weighted by Crippen LogP contribution is 2.27. The van der Waals surface area contributed by atoms with E-state index in [9.17, 15) is 0 Å². The third kappa shape index (κ3) is 1.85. The van der Waals surface area contributed by atoms with Crippen molar-refractivity contribution in [1.82, 2.24) is 19.5 Å². The number of aryl methyl sites for hydroxylation is 1. The minimum Gasteiger partial charge on any atom is -0.349 e. The Bertz CT molecular complexity index is 627. The lowest BCUT2D eigenvalue weighted by atomic mass is 10.3. The Morgan fingerprint density at radius 3 is 2.88 bits per heavy atom. The summed E-state index contributed by atoms with van der Waals surface area (Å²) in [5.74, 6) is 0. The standard InChI is InChI=1S/C12H10N4S/c1-16-6-2-3-11(16)10-8-17-12(15-10)9-7-13-4-5-14-9/h2-8H,1H3. The summed E-state index contributed by atoms with van der Waals surface area (Å²) in [6.45, 7) is 0.